The van der Waals surface area contributed by atoms with E-state index in [4.69, 9.17) is 0 Å². The van der Waals surface area contributed by atoms with E-state index in [1.807, 2.05) is 0 Å². The molecule has 2 atom stereocenters. The lowest BCUT2D eigenvalue weighted by Crippen LogP contribution is -2.04. The van der Waals surface area contributed by atoms with Crippen LogP contribution in [-0.4, -0.2) is 16.7 Å². The molecule has 0 aliphatic carbocycles. The number of carbonyl (C=O) groups is 1. The fourth-order valence-electron chi connectivity index (χ4n) is 0.548. The molecule has 0 saturated carbocycles. The summed E-state index contributed by atoms with van der Waals surface area (Å²) < 4.78 is 4.62. The topological polar surface area (TPSA) is 26.3 Å². The van der Waals surface area contributed by atoms with E-state index in [-0.39, 0.29) is 16.7 Å². The SMILES string of the molecule is O=C1OC(S)CC1S. The molecular formula is C4H6O2S2. The summed E-state index contributed by atoms with van der Waals surface area (Å²) in [4.78, 5) is 10.4. The lowest BCUT2D eigenvalue weighted by molar-refractivity contribution is -0.138. The number of esters is 1. The minimum Gasteiger partial charge on any atom is -0.451 e. The van der Waals surface area contributed by atoms with Crippen LogP contribution < -0.4 is 0 Å². The van der Waals surface area contributed by atoms with Crippen molar-refractivity contribution >= 4 is 31.2 Å². The van der Waals surface area contributed by atoms with Crippen LogP contribution in [0.1, 0.15) is 6.42 Å². The highest BCUT2D eigenvalue weighted by atomic mass is 32.1. The van der Waals surface area contributed by atoms with Crippen molar-refractivity contribution in [2.45, 2.75) is 17.1 Å². The predicted octanol–water partition coefficient (Wildman–Crippen LogP) is 0.488. The van der Waals surface area contributed by atoms with Crippen LogP contribution in [0.15, 0.2) is 0 Å². The van der Waals surface area contributed by atoms with E-state index >= 15 is 0 Å². The molecule has 4 heteroatoms. The van der Waals surface area contributed by atoms with Gasteiger partial charge in [-0.05, 0) is 0 Å². The summed E-state index contributed by atoms with van der Waals surface area (Å²) in [6.07, 6.45) is 0.616. The van der Waals surface area contributed by atoms with Crippen molar-refractivity contribution in [3.63, 3.8) is 0 Å². The molecule has 0 spiro atoms. The van der Waals surface area contributed by atoms with Crippen molar-refractivity contribution in [2.75, 3.05) is 0 Å². The van der Waals surface area contributed by atoms with Crippen LogP contribution in [0, 0.1) is 0 Å². The Labute approximate surface area is 58.4 Å². The fourth-order valence-corrected chi connectivity index (χ4v) is 1.28. The van der Waals surface area contributed by atoms with Crippen molar-refractivity contribution in [2.24, 2.45) is 0 Å². The Balaban J connectivity index is 2.51. The van der Waals surface area contributed by atoms with Gasteiger partial charge in [-0.25, -0.2) is 0 Å². The maximum Gasteiger partial charge on any atom is 0.320 e. The van der Waals surface area contributed by atoms with Crippen molar-refractivity contribution in [1.29, 1.82) is 0 Å². The highest BCUT2D eigenvalue weighted by Gasteiger charge is 2.28. The third-order valence-electron chi connectivity index (χ3n) is 0.949. The van der Waals surface area contributed by atoms with Crippen LogP contribution >= 0.6 is 25.3 Å². The minimum absolute atomic E-state index is 0.231. The van der Waals surface area contributed by atoms with E-state index in [0.717, 1.165) is 0 Å². The van der Waals surface area contributed by atoms with Crippen molar-refractivity contribution in [3.8, 4) is 0 Å². The molecule has 1 aliphatic rings. The van der Waals surface area contributed by atoms with Gasteiger partial charge in [0.25, 0.3) is 0 Å². The highest BCUT2D eigenvalue weighted by Crippen LogP contribution is 2.20. The third-order valence-corrected chi connectivity index (χ3v) is 1.69. The molecule has 1 heterocycles. The van der Waals surface area contributed by atoms with Crippen LogP contribution in [0.4, 0.5) is 0 Å². The predicted molar refractivity (Wildman–Crippen MR) is 36.3 cm³/mol. The average Bonchev–Trinajstić information content (AvgIpc) is 1.85. The van der Waals surface area contributed by atoms with Gasteiger partial charge in [-0.1, -0.05) is 0 Å². The molecule has 46 valence electrons. The number of carbonyl (C=O) groups excluding carboxylic acids is 1. The van der Waals surface area contributed by atoms with Gasteiger partial charge in [-0.3, -0.25) is 4.79 Å². The van der Waals surface area contributed by atoms with Crippen molar-refractivity contribution < 1.29 is 9.53 Å². The molecular weight excluding hydrogens is 144 g/mol. The Morgan fingerprint density at radius 3 is 2.38 bits per heavy atom. The van der Waals surface area contributed by atoms with Crippen LogP contribution in [0.3, 0.4) is 0 Å². The smallest absolute Gasteiger partial charge is 0.320 e. The number of ether oxygens (including phenoxy) is 1. The second kappa shape index (κ2) is 2.19. The number of hydrogen-bond acceptors (Lipinski definition) is 4. The molecule has 0 N–H and O–H groups in total. The highest BCUT2D eigenvalue weighted by molar-refractivity contribution is 7.82. The van der Waals surface area contributed by atoms with Gasteiger partial charge < -0.3 is 4.74 Å². The molecule has 0 bridgehead atoms. The summed E-state index contributed by atoms with van der Waals surface area (Å²) in [5.74, 6) is -0.256. The third kappa shape index (κ3) is 1.11. The fraction of sp³-hybridized carbons (Fsp3) is 0.750. The first kappa shape index (κ1) is 6.29. The van der Waals surface area contributed by atoms with Gasteiger partial charge >= 0.3 is 5.97 Å². The van der Waals surface area contributed by atoms with E-state index in [0.29, 0.717) is 6.42 Å². The Bertz CT molecular complexity index is 115. The minimum atomic E-state index is -0.256. The monoisotopic (exact) mass is 150 g/mol. The summed E-state index contributed by atoms with van der Waals surface area (Å²) in [5, 5.41) is -0.252. The van der Waals surface area contributed by atoms with E-state index in [2.05, 4.69) is 30.0 Å². The van der Waals surface area contributed by atoms with Crippen molar-refractivity contribution in [3.05, 3.63) is 0 Å². The molecule has 1 rings (SSSR count). The summed E-state index contributed by atoms with van der Waals surface area (Å²) in [5.41, 5.74) is -0.231. The van der Waals surface area contributed by atoms with Gasteiger partial charge in [0.15, 0.2) is 0 Å². The van der Waals surface area contributed by atoms with Gasteiger partial charge in [0.1, 0.15) is 10.7 Å². The number of cyclic esters (lactones) is 1. The van der Waals surface area contributed by atoms with Gasteiger partial charge in [-0.2, -0.15) is 12.6 Å². The van der Waals surface area contributed by atoms with Gasteiger partial charge in [0, 0.05) is 6.42 Å². The first-order valence-electron chi connectivity index (χ1n) is 2.27. The lowest BCUT2D eigenvalue weighted by Gasteiger charge is -1.94. The molecule has 8 heavy (non-hydrogen) atoms. The van der Waals surface area contributed by atoms with Crippen LogP contribution in [0.25, 0.3) is 0 Å². The largest absolute Gasteiger partial charge is 0.451 e. The Morgan fingerprint density at radius 2 is 2.25 bits per heavy atom. The summed E-state index contributed by atoms with van der Waals surface area (Å²) in [7, 11) is 0. The maximum atomic E-state index is 10.4. The summed E-state index contributed by atoms with van der Waals surface area (Å²) in [6, 6.07) is 0. The maximum absolute atomic E-state index is 10.4. The van der Waals surface area contributed by atoms with Crippen LogP contribution in [-0.2, 0) is 9.53 Å². The Morgan fingerprint density at radius 1 is 1.62 bits per heavy atom. The van der Waals surface area contributed by atoms with Gasteiger partial charge in [0.2, 0.25) is 0 Å². The van der Waals surface area contributed by atoms with Gasteiger partial charge in [0.05, 0.1) is 0 Å². The zero-order chi connectivity index (χ0) is 6.15. The normalized spacial score (nSPS) is 37.5. The number of hydrogen-bond donors (Lipinski definition) is 2. The molecule has 2 nitrogen and oxygen atoms in total. The Kier molecular flexibility index (Phi) is 1.72. The van der Waals surface area contributed by atoms with E-state index in [9.17, 15) is 4.79 Å². The zero-order valence-electron chi connectivity index (χ0n) is 4.07. The molecule has 1 aliphatic heterocycles. The molecule has 0 amide bonds. The standard InChI is InChI=1S/C4H6O2S2/c5-4-2(7)1-3(8)6-4/h2-3,7-8H,1H2. The van der Waals surface area contributed by atoms with E-state index in [1.54, 1.807) is 0 Å². The van der Waals surface area contributed by atoms with Crippen LogP contribution in [0.5, 0.6) is 0 Å². The molecule has 0 radical (unpaired) electrons. The number of rotatable bonds is 0. The molecule has 2 unspecified atom stereocenters. The average molecular weight is 150 g/mol. The van der Waals surface area contributed by atoms with E-state index in [1.165, 1.54) is 0 Å². The van der Waals surface area contributed by atoms with Crippen LogP contribution in [0.2, 0.25) is 0 Å². The Hall–Kier alpha value is 0.170. The second-order valence-electron chi connectivity index (χ2n) is 1.64. The molecule has 0 aromatic carbocycles. The number of thiol groups is 2. The molecule has 1 fully saturated rings. The molecule has 1 saturated heterocycles. The molecule has 0 aromatic rings. The first-order valence-corrected chi connectivity index (χ1v) is 3.30. The second-order valence-corrected chi connectivity index (χ2v) is 2.84. The quantitative estimate of drug-likeness (QED) is 0.388. The summed E-state index contributed by atoms with van der Waals surface area (Å²) in [6.45, 7) is 0. The first-order chi connectivity index (χ1) is 3.70. The van der Waals surface area contributed by atoms with Crippen molar-refractivity contribution in [1.82, 2.24) is 0 Å². The zero-order valence-corrected chi connectivity index (χ0v) is 5.86. The lowest BCUT2D eigenvalue weighted by atomic mass is 10.4. The van der Waals surface area contributed by atoms with Gasteiger partial charge in [-0.15, -0.1) is 12.6 Å². The summed E-state index contributed by atoms with van der Waals surface area (Å²) >= 11 is 7.84. The van der Waals surface area contributed by atoms with E-state index < -0.39 is 0 Å². The molecule has 0 aromatic heterocycles.